The molecular weight excluding hydrogens is 367 g/mol. The molecule has 0 aliphatic heterocycles. The van der Waals surface area contributed by atoms with Crippen LogP contribution in [0.4, 0.5) is 13.2 Å². The Morgan fingerprint density at radius 2 is 1.76 bits per heavy atom. The van der Waals surface area contributed by atoms with E-state index in [0.717, 1.165) is 0 Å². The molecule has 0 saturated carbocycles. The van der Waals surface area contributed by atoms with Crippen LogP contribution < -0.4 is 5.32 Å². The fourth-order valence-corrected chi connectivity index (χ4v) is 2.63. The number of halogens is 5. The summed E-state index contributed by atoms with van der Waals surface area (Å²) in [4.78, 5) is 0. The van der Waals surface area contributed by atoms with E-state index in [2.05, 4.69) is 21.2 Å². The van der Waals surface area contributed by atoms with E-state index in [1.54, 1.807) is 18.2 Å². The second-order valence-corrected chi connectivity index (χ2v) is 5.71. The maximum Gasteiger partial charge on any atom is 0.134 e. The van der Waals surface area contributed by atoms with Gasteiger partial charge < -0.3 is 5.32 Å². The predicted octanol–water partition coefficient (Wildman–Crippen LogP) is 5.22. The average molecular weight is 379 g/mol. The first-order valence-corrected chi connectivity index (χ1v) is 7.44. The lowest BCUT2D eigenvalue weighted by molar-refractivity contribution is 0.492. The van der Waals surface area contributed by atoms with E-state index in [0.29, 0.717) is 33.7 Å². The van der Waals surface area contributed by atoms with Crippen molar-refractivity contribution in [3.05, 3.63) is 68.4 Å². The number of hydrogen-bond acceptors (Lipinski definition) is 1. The Bertz CT molecular complexity index is 640. The van der Waals surface area contributed by atoms with Crippen LogP contribution in [0.25, 0.3) is 0 Å². The summed E-state index contributed by atoms with van der Waals surface area (Å²) in [6.45, 7) is 2.30. The molecule has 21 heavy (non-hydrogen) atoms. The van der Waals surface area contributed by atoms with Crippen molar-refractivity contribution in [2.45, 2.75) is 13.0 Å². The molecule has 1 atom stereocenters. The topological polar surface area (TPSA) is 12.0 Å². The molecule has 0 bridgehead atoms. The third kappa shape index (κ3) is 3.59. The van der Waals surface area contributed by atoms with E-state index < -0.39 is 23.5 Å². The van der Waals surface area contributed by atoms with Crippen LogP contribution in [0.5, 0.6) is 0 Å². The van der Waals surface area contributed by atoms with Gasteiger partial charge in [-0.25, -0.2) is 13.2 Å². The lowest BCUT2D eigenvalue weighted by Gasteiger charge is -2.20. The van der Waals surface area contributed by atoms with Gasteiger partial charge in [0.15, 0.2) is 0 Å². The highest BCUT2D eigenvalue weighted by Gasteiger charge is 2.23. The predicted molar refractivity (Wildman–Crippen MR) is 81.0 cm³/mol. The SMILES string of the molecule is CCNC(c1ccc(Cl)c(Br)c1)c1c(F)cc(F)cc1F. The molecule has 2 aromatic rings. The van der Waals surface area contributed by atoms with Gasteiger partial charge in [-0.05, 0) is 40.2 Å². The zero-order valence-corrected chi connectivity index (χ0v) is 13.4. The van der Waals surface area contributed by atoms with Gasteiger partial charge in [-0.2, -0.15) is 0 Å². The minimum atomic E-state index is -0.943. The molecule has 0 amide bonds. The quantitative estimate of drug-likeness (QED) is 0.769. The highest BCUT2D eigenvalue weighted by molar-refractivity contribution is 9.10. The van der Waals surface area contributed by atoms with E-state index in [1.165, 1.54) is 0 Å². The molecule has 1 nitrogen and oxygen atoms in total. The normalized spacial score (nSPS) is 12.5. The highest BCUT2D eigenvalue weighted by Crippen LogP contribution is 2.31. The molecule has 0 aliphatic carbocycles. The second kappa shape index (κ2) is 6.81. The molecule has 0 aliphatic rings. The molecular formula is C15H12BrClF3N. The van der Waals surface area contributed by atoms with Crippen LogP contribution >= 0.6 is 27.5 Å². The Balaban J connectivity index is 2.55. The minimum Gasteiger partial charge on any atom is -0.306 e. The molecule has 112 valence electrons. The van der Waals surface area contributed by atoms with Gasteiger partial charge in [0, 0.05) is 22.2 Å². The van der Waals surface area contributed by atoms with Gasteiger partial charge in [0.2, 0.25) is 0 Å². The summed E-state index contributed by atoms with van der Waals surface area (Å²) in [5, 5.41) is 3.49. The van der Waals surface area contributed by atoms with Crippen molar-refractivity contribution in [3.8, 4) is 0 Å². The van der Waals surface area contributed by atoms with Gasteiger partial charge in [0.1, 0.15) is 17.5 Å². The Kier molecular flexibility index (Phi) is 5.30. The average Bonchev–Trinajstić information content (AvgIpc) is 2.40. The lowest BCUT2D eigenvalue weighted by Crippen LogP contribution is -2.24. The first-order valence-electron chi connectivity index (χ1n) is 6.26. The summed E-state index contributed by atoms with van der Waals surface area (Å²) < 4.78 is 41.7. The van der Waals surface area contributed by atoms with E-state index >= 15 is 0 Å². The summed E-state index contributed by atoms with van der Waals surface area (Å²) >= 11 is 9.21. The molecule has 1 unspecified atom stereocenters. The lowest BCUT2D eigenvalue weighted by atomic mass is 9.97. The van der Waals surface area contributed by atoms with Gasteiger partial charge in [-0.1, -0.05) is 24.6 Å². The van der Waals surface area contributed by atoms with Crippen molar-refractivity contribution in [3.63, 3.8) is 0 Å². The Hall–Kier alpha value is -1.04. The number of hydrogen-bond donors (Lipinski definition) is 1. The number of benzene rings is 2. The molecule has 6 heteroatoms. The Morgan fingerprint density at radius 1 is 1.14 bits per heavy atom. The largest absolute Gasteiger partial charge is 0.306 e. The van der Waals surface area contributed by atoms with E-state index in [9.17, 15) is 13.2 Å². The second-order valence-electron chi connectivity index (χ2n) is 4.45. The third-order valence-corrected chi connectivity index (χ3v) is 4.23. The maximum atomic E-state index is 14.0. The van der Waals surface area contributed by atoms with Crippen LogP contribution in [0.1, 0.15) is 24.1 Å². The smallest absolute Gasteiger partial charge is 0.134 e. The van der Waals surface area contributed by atoms with E-state index in [4.69, 9.17) is 11.6 Å². The van der Waals surface area contributed by atoms with Crippen LogP contribution in [0.15, 0.2) is 34.8 Å². The van der Waals surface area contributed by atoms with E-state index in [1.807, 2.05) is 6.92 Å². The highest BCUT2D eigenvalue weighted by atomic mass is 79.9. The van der Waals surface area contributed by atoms with Crippen molar-refractivity contribution < 1.29 is 13.2 Å². The van der Waals surface area contributed by atoms with Crippen molar-refractivity contribution in [2.24, 2.45) is 0 Å². The van der Waals surface area contributed by atoms with Crippen molar-refractivity contribution in [1.29, 1.82) is 0 Å². The van der Waals surface area contributed by atoms with Gasteiger partial charge in [-0.15, -0.1) is 0 Å². The third-order valence-electron chi connectivity index (χ3n) is 3.02. The molecule has 0 saturated heterocycles. The maximum absolute atomic E-state index is 14.0. The van der Waals surface area contributed by atoms with Crippen molar-refractivity contribution >= 4 is 27.5 Å². The van der Waals surface area contributed by atoms with Crippen LogP contribution in [-0.2, 0) is 0 Å². The zero-order valence-electron chi connectivity index (χ0n) is 11.1. The van der Waals surface area contributed by atoms with Crippen LogP contribution in [0.3, 0.4) is 0 Å². The van der Waals surface area contributed by atoms with Gasteiger partial charge in [0.05, 0.1) is 11.1 Å². The van der Waals surface area contributed by atoms with Crippen molar-refractivity contribution in [2.75, 3.05) is 6.54 Å². The van der Waals surface area contributed by atoms with E-state index in [-0.39, 0.29) is 5.56 Å². The molecule has 2 rings (SSSR count). The summed E-state index contributed by atoms with van der Waals surface area (Å²) in [5.41, 5.74) is 0.407. The van der Waals surface area contributed by atoms with Crippen LogP contribution in [-0.4, -0.2) is 6.54 Å². The Morgan fingerprint density at radius 3 is 2.29 bits per heavy atom. The standard InChI is InChI=1S/C15H12BrClF3N/c1-2-21-15(8-3-4-11(17)10(16)5-8)14-12(19)6-9(18)7-13(14)20/h3-7,15,21H,2H2,1H3. The molecule has 0 spiro atoms. The molecule has 0 radical (unpaired) electrons. The first-order chi connectivity index (χ1) is 9.93. The monoisotopic (exact) mass is 377 g/mol. The molecule has 2 aromatic carbocycles. The van der Waals surface area contributed by atoms with Crippen LogP contribution in [0, 0.1) is 17.5 Å². The van der Waals surface area contributed by atoms with Gasteiger partial charge in [0.25, 0.3) is 0 Å². The molecule has 0 heterocycles. The fraction of sp³-hybridized carbons (Fsp3) is 0.200. The zero-order chi connectivity index (χ0) is 15.6. The van der Waals surface area contributed by atoms with Crippen LogP contribution in [0.2, 0.25) is 5.02 Å². The number of nitrogens with one attached hydrogen (secondary N) is 1. The molecule has 0 aromatic heterocycles. The summed E-state index contributed by atoms with van der Waals surface area (Å²) in [6.07, 6.45) is 0. The first kappa shape index (κ1) is 16.3. The van der Waals surface area contributed by atoms with Crippen molar-refractivity contribution in [1.82, 2.24) is 5.32 Å². The fourth-order valence-electron chi connectivity index (χ4n) is 2.11. The van der Waals surface area contributed by atoms with Gasteiger partial charge >= 0.3 is 0 Å². The molecule has 1 N–H and O–H groups in total. The minimum absolute atomic E-state index is 0.215. The Labute approximate surface area is 134 Å². The molecule has 0 fully saturated rings. The summed E-state index contributed by atoms with van der Waals surface area (Å²) in [6, 6.07) is 5.59. The van der Waals surface area contributed by atoms with Gasteiger partial charge in [-0.3, -0.25) is 0 Å². The summed E-state index contributed by atoms with van der Waals surface area (Å²) in [5.74, 6) is -2.80. The number of rotatable bonds is 4. The summed E-state index contributed by atoms with van der Waals surface area (Å²) in [7, 11) is 0.